The van der Waals surface area contributed by atoms with Gasteiger partial charge >= 0.3 is 6.36 Å². The number of carbonyl (C=O) groups is 1. The SMILES string of the molecule is O=C(c1ccc(OC(F)(F)F)cc1)N1CCCC1c1nnc(-c2ccccc2)o1. The summed E-state index contributed by atoms with van der Waals surface area (Å²) in [7, 11) is 0. The minimum absolute atomic E-state index is 0.259. The Morgan fingerprint density at radius 2 is 1.79 bits per heavy atom. The van der Waals surface area contributed by atoms with Crippen LogP contribution >= 0.6 is 0 Å². The monoisotopic (exact) mass is 403 g/mol. The molecule has 4 rings (SSSR count). The fraction of sp³-hybridized carbons (Fsp3) is 0.250. The van der Waals surface area contributed by atoms with Gasteiger partial charge in [0.15, 0.2) is 0 Å². The second-order valence-electron chi connectivity index (χ2n) is 6.54. The van der Waals surface area contributed by atoms with Crippen LogP contribution in [0.4, 0.5) is 13.2 Å². The van der Waals surface area contributed by atoms with Crippen molar-refractivity contribution in [3.05, 3.63) is 66.1 Å². The molecule has 1 unspecified atom stereocenters. The van der Waals surface area contributed by atoms with E-state index in [1.807, 2.05) is 30.3 Å². The fourth-order valence-electron chi connectivity index (χ4n) is 3.30. The second-order valence-corrected chi connectivity index (χ2v) is 6.54. The molecule has 0 saturated carbocycles. The van der Waals surface area contributed by atoms with E-state index in [1.54, 1.807) is 4.90 Å². The quantitative estimate of drug-likeness (QED) is 0.636. The zero-order valence-electron chi connectivity index (χ0n) is 15.1. The van der Waals surface area contributed by atoms with Gasteiger partial charge in [-0.1, -0.05) is 18.2 Å². The first-order valence-corrected chi connectivity index (χ1v) is 8.96. The number of nitrogens with zero attached hydrogens (tertiary/aromatic N) is 3. The van der Waals surface area contributed by atoms with Crippen molar-refractivity contribution in [2.45, 2.75) is 25.2 Å². The van der Waals surface area contributed by atoms with Gasteiger partial charge in [0.25, 0.3) is 5.91 Å². The van der Waals surface area contributed by atoms with E-state index >= 15 is 0 Å². The molecule has 0 N–H and O–H groups in total. The average molecular weight is 403 g/mol. The molecule has 1 aliphatic rings. The highest BCUT2D eigenvalue weighted by atomic mass is 19.4. The molecule has 1 atom stereocenters. The van der Waals surface area contributed by atoms with Crippen molar-refractivity contribution in [2.75, 3.05) is 6.54 Å². The molecular formula is C20H16F3N3O3. The summed E-state index contributed by atoms with van der Waals surface area (Å²) >= 11 is 0. The van der Waals surface area contributed by atoms with Crippen LogP contribution in [0.1, 0.15) is 35.1 Å². The van der Waals surface area contributed by atoms with E-state index in [2.05, 4.69) is 14.9 Å². The van der Waals surface area contributed by atoms with Gasteiger partial charge in [-0.25, -0.2) is 0 Å². The van der Waals surface area contributed by atoms with Crippen molar-refractivity contribution in [1.29, 1.82) is 0 Å². The number of likely N-dealkylation sites (tertiary alicyclic amines) is 1. The van der Waals surface area contributed by atoms with Crippen LogP contribution in [0.2, 0.25) is 0 Å². The highest BCUT2D eigenvalue weighted by molar-refractivity contribution is 5.94. The van der Waals surface area contributed by atoms with Gasteiger partial charge in [0.2, 0.25) is 11.8 Å². The molecule has 2 aromatic carbocycles. The van der Waals surface area contributed by atoms with Crippen LogP contribution in [-0.4, -0.2) is 33.9 Å². The molecule has 3 aromatic rings. The van der Waals surface area contributed by atoms with Gasteiger partial charge in [-0.3, -0.25) is 4.79 Å². The van der Waals surface area contributed by atoms with Crippen LogP contribution < -0.4 is 4.74 Å². The molecule has 1 amide bonds. The summed E-state index contributed by atoms with van der Waals surface area (Å²) in [6.45, 7) is 0.493. The lowest BCUT2D eigenvalue weighted by molar-refractivity contribution is -0.274. The normalized spacial score (nSPS) is 16.8. The lowest BCUT2D eigenvalue weighted by Gasteiger charge is -2.22. The van der Waals surface area contributed by atoms with Gasteiger partial charge in [-0.05, 0) is 49.2 Å². The Hall–Kier alpha value is -3.36. The second kappa shape index (κ2) is 7.57. The minimum atomic E-state index is -4.78. The molecule has 150 valence electrons. The zero-order chi connectivity index (χ0) is 20.4. The van der Waals surface area contributed by atoms with E-state index < -0.39 is 6.36 Å². The summed E-state index contributed by atoms with van der Waals surface area (Å²) in [6, 6.07) is 13.8. The van der Waals surface area contributed by atoms with Crippen molar-refractivity contribution in [1.82, 2.24) is 15.1 Å². The number of hydrogen-bond donors (Lipinski definition) is 0. The standard InChI is InChI=1S/C20H16F3N3O3/c21-20(22,23)29-15-10-8-14(9-11-15)19(27)26-12-4-7-16(26)18-25-24-17(28-18)13-5-2-1-3-6-13/h1-3,5-6,8-11,16H,4,7,12H2. The van der Waals surface area contributed by atoms with Gasteiger partial charge in [0.1, 0.15) is 11.8 Å². The van der Waals surface area contributed by atoms with Crippen molar-refractivity contribution in [2.24, 2.45) is 0 Å². The van der Waals surface area contributed by atoms with Crippen LogP contribution in [0.3, 0.4) is 0 Å². The summed E-state index contributed by atoms with van der Waals surface area (Å²) < 4.78 is 46.5. The van der Waals surface area contributed by atoms with Crippen molar-refractivity contribution in [3.8, 4) is 17.2 Å². The summed E-state index contributed by atoms with van der Waals surface area (Å²) in [5.41, 5.74) is 1.04. The minimum Gasteiger partial charge on any atom is -0.418 e. The van der Waals surface area contributed by atoms with E-state index in [0.29, 0.717) is 24.7 Å². The van der Waals surface area contributed by atoms with Crippen LogP contribution in [0.25, 0.3) is 11.5 Å². The van der Waals surface area contributed by atoms with E-state index in [1.165, 1.54) is 12.1 Å². The summed E-state index contributed by atoms with van der Waals surface area (Å²) in [5.74, 6) is 0.0159. The number of halogens is 3. The molecule has 1 saturated heterocycles. The Morgan fingerprint density at radius 1 is 1.07 bits per heavy atom. The lowest BCUT2D eigenvalue weighted by Crippen LogP contribution is -2.30. The van der Waals surface area contributed by atoms with Crippen LogP contribution in [0.15, 0.2) is 59.0 Å². The van der Waals surface area contributed by atoms with Crippen LogP contribution in [0.5, 0.6) is 5.75 Å². The molecule has 29 heavy (non-hydrogen) atoms. The molecule has 0 aliphatic carbocycles. The molecule has 0 radical (unpaired) electrons. The van der Waals surface area contributed by atoms with Gasteiger partial charge in [0.05, 0.1) is 0 Å². The third-order valence-corrected chi connectivity index (χ3v) is 4.59. The number of amides is 1. The molecule has 1 aromatic heterocycles. The fourth-order valence-corrected chi connectivity index (χ4v) is 3.30. The Labute approximate surface area is 163 Å². The summed E-state index contributed by atoms with van der Waals surface area (Å²) in [6.07, 6.45) is -3.36. The van der Waals surface area contributed by atoms with Gasteiger partial charge in [0, 0.05) is 17.7 Å². The smallest absolute Gasteiger partial charge is 0.418 e. The lowest BCUT2D eigenvalue weighted by atomic mass is 10.1. The Bertz CT molecular complexity index is 987. The highest BCUT2D eigenvalue weighted by Crippen LogP contribution is 2.34. The molecule has 6 nitrogen and oxygen atoms in total. The Morgan fingerprint density at radius 3 is 2.48 bits per heavy atom. The maximum atomic E-state index is 12.9. The van der Waals surface area contributed by atoms with E-state index in [4.69, 9.17) is 4.42 Å². The molecule has 1 fully saturated rings. The van der Waals surface area contributed by atoms with E-state index in [-0.39, 0.29) is 23.3 Å². The predicted molar refractivity (Wildman–Crippen MR) is 95.9 cm³/mol. The van der Waals surface area contributed by atoms with Crippen molar-refractivity contribution >= 4 is 5.91 Å². The number of alkyl halides is 3. The first-order chi connectivity index (χ1) is 13.9. The van der Waals surface area contributed by atoms with Crippen LogP contribution in [0, 0.1) is 0 Å². The molecule has 2 heterocycles. The first-order valence-electron chi connectivity index (χ1n) is 8.96. The third-order valence-electron chi connectivity index (χ3n) is 4.59. The van der Waals surface area contributed by atoms with Crippen molar-refractivity contribution in [3.63, 3.8) is 0 Å². The molecular weight excluding hydrogens is 387 g/mol. The molecule has 0 bridgehead atoms. The zero-order valence-corrected chi connectivity index (χ0v) is 15.1. The number of hydrogen-bond acceptors (Lipinski definition) is 5. The van der Waals surface area contributed by atoms with Crippen molar-refractivity contribution < 1.29 is 27.1 Å². The molecule has 1 aliphatic heterocycles. The Kier molecular flexibility index (Phi) is 4.96. The summed E-state index contributed by atoms with van der Waals surface area (Å²) in [4.78, 5) is 14.5. The topological polar surface area (TPSA) is 68.5 Å². The van der Waals surface area contributed by atoms with E-state index in [9.17, 15) is 18.0 Å². The van der Waals surface area contributed by atoms with Gasteiger partial charge in [-0.2, -0.15) is 0 Å². The highest BCUT2D eigenvalue weighted by Gasteiger charge is 2.35. The number of ether oxygens (including phenoxy) is 1. The molecule has 9 heteroatoms. The largest absolute Gasteiger partial charge is 0.573 e. The average Bonchev–Trinajstić information content (AvgIpc) is 3.37. The first kappa shape index (κ1) is 19.0. The predicted octanol–water partition coefficient (Wildman–Crippen LogP) is 4.61. The molecule has 0 spiro atoms. The maximum absolute atomic E-state index is 12.9. The van der Waals surface area contributed by atoms with Crippen LogP contribution in [-0.2, 0) is 0 Å². The Balaban J connectivity index is 1.51. The third kappa shape index (κ3) is 4.23. The van der Waals surface area contributed by atoms with Gasteiger partial charge < -0.3 is 14.1 Å². The number of carbonyl (C=O) groups excluding carboxylic acids is 1. The number of aromatic nitrogens is 2. The number of rotatable bonds is 4. The number of benzene rings is 2. The maximum Gasteiger partial charge on any atom is 0.573 e. The summed E-state index contributed by atoms with van der Waals surface area (Å²) in [5, 5.41) is 8.17. The van der Waals surface area contributed by atoms with Gasteiger partial charge in [-0.15, -0.1) is 23.4 Å². The van der Waals surface area contributed by atoms with E-state index in [0.717, 1.165) is 24.1 Å².